The highest BCUT2D eigenvalue weighted by molar-refractivity contribution is 7.22. The van der Waals surface area contributed by atoms with Crippen molar-refractivity contribution in [2.24, 2.45) is 0 Å². The molecule has 0 atom stereocenters. The van der Waals surface area contributed by atoms with E-state index in [1.807, 2.05) is 48.5 Å². The minimum Gasteiger partial charge on any atom is -0.338 e. The van der Waals surface area contributed by atoms with Crippen LogP contribution in [0.15, 0.2) is 48.5 Å². The number of rotatable bonds is 6. The fraction of sp³-hybridized carbons (Fsp3) is 0.263. The summed E-state index contributed by atoms with van der Waals surface area (Å²) in [5.74, 6) is 0.0580. The Hall–Kier alpha value is -1.95. The zero-order chi connectivity index (χ0) is 17.8. The lowest BCUT2D eigenvalue weighted by atomic mass is 10.1. The molecule has 0 aliphatic heterocycles. The molecule has 0 bridgehead atoms. The van der Waals surface area contributed by atoms with Crippen molar-refractivity contribution < 1.29 is 9.69 Å². The molecule has 0 radical (unpaired) electrons. The molecule has 0 fully saturated rings. The minimum absolute atomic E-state index is 0.0580. The standard InChI is InChI=1S/C19H20ClN3OS/c1-22(2)11-12-23(17(24)13-14-7-4-3-5-8-14)19-21-18-15(20)9-6-10-16(18)25-19/h3-10H,11-13H2,1-2H3/p+1. The molecule has 3 aromatic rings. The highest BCUT2D eigenvalue weighted by Gasteiger charge is 2.21. The molecule has 1 aromatic heterocycles. The molecule has 130 valence electrons. The zero-order valence-electron chi connectivity index (χ0n) is 14.3. The van der Waals surface area contributed by atoms with E-state index in [0.29, 0.717) is 23.1 Å². The van der Waals surface area contributed by atoms with Crippen LogP contribution in [0.5, 0.6) is 0 Å². The first-order valence-electron chi connectivity index (χ1n) is 8.23. The smallest absolute Gasteiger partial charge is 0.233 e. The van der Waals surface area contributed by atoms with Gasteiger partial charge in [-0.1, -0.05) is 59.3 Å². The largest absolute Gasteiger partial charge is 0.338 e. The van der Waals surface area contributed by atoms with Gasteiger partial charge in [0.15, 0.2) is 5.13 Å². The molecule has 4 nitrogen and oxygen atoms in total. The second-order valence-corrected chi connectivity index (χ2v) is 7.66. The number of nitrogens with zero attached hydrogens (tertiary/aromatic N) is 2. The average molecular weight is 375 g/mol. The molecule has 6 heteroatoms. The first kappa shape index (κ1) is 17.9. The SMILES string of the molecule is C[NH+](C)CCN(C(=O)Cc1ccccc1)c1nc2c(Cl)cccc2s1. The fourth-order valence-electron chi connectivity index (χ4n) is 2.55. The molecule has 0 aliphatic carbocycles. The van der Waals surface area contributed by atoms with Crippen molar-refractivity contribution in [2.45, 2.75) is 6.42 Å². The predicted octanol–water partition coefficient (Wildman–Crippen LogP) is 2.67. The van der Waals surface area contributed by atoms with Gasteiger partial charge in [-0.3, -0.25) is 9.69 Å². The number of anilines is 1. The van der Waals surface area contributed by atoms with Crippen molar-refractivity contribution in [1.29, 1.82) is 0 Å². The van der Waals surface area contributed by atoms with Crippen LogP contribution in [0.3, 0.4) is 0 Å². The molecule has 1 N–H and O–H groups in total. The van der Waals surface area contributed by atoms with Crippen molar-refractivity contribution >= 4 is 44.2 Å². The Morgan fingerprint density at radius 3 is 2.60 bits per heavy atom. The lowest BCUT2D eigenvalue weighted by Gasteiger charge is -2.20. The van der Waals surface area contributed by atoms with Crippen molar-refractivity contribution in [1.82, 2.24) is 4.98 Å². The van der Waals surface area contributed by atoms with Gasteiger partial charge in [0.25, 0.3) is 0 Å². The maximum Gasteiger partial charge on any atom is 0.233 e. The van der Waals surface area contributed by atoms with Crippen LogP contribution in [0.4, 0.5) is 5.13 Å². The summed E-state index contributed by atoms with van der Waals surface area (Å²) >= 11 is 7.76. The highest BCUT2D eigenvalue weighted by atomic mass is 35.5. The Morgan fingerprint density at radius 1 is 1.16 bits per heavy atom. The third-order valence-electron chi connectivity index (χ3n) is 3.92. The number of fused-ring (bicyclic) bond motifs is 1. The number of benzene rings is 2. The van der Waals surface area contributed by atoms with Crippen LogP contribution < -0.4 is 9.80 Å². The number of carbonyl (C=O) groups is 1. The summed E-state index contributed by atoms with van der Waals surface area (Å²) in [4.78, 5) is 20.7. The molecular weight excluding hydrogens is 354 g/mol. The summed E-state index contributed by atoms with van der Waals surface area (Å²) in [6.45, 7) is 1.48. The van der Waals surface area contributed by atoms with Gasteiger partial charge in [0, 0.05) is 0 Å². The van der Waals surface area contributed by atoms with Crippen molar-refractivity contribution in [3.05, 3.63) is 59.1 Å². The number of hydrogen-bond acceptors (Lipinski definition) is 3. The first-order chi connectivity index (χ1) is 12.0. The van der Waals surface area contributed by atoms with E-state index in [4.69, 9.17) is 11.6 Å². The normalized spacial score (nSPS) is 11.2. The lowest BCUT2D eigenvalue weighted by molar-refractivity contribution is -0.856. The third-order valence-corrected chi connectivity index (χ3v) is 5.27. The quantitative estimate of drug-likeness (QED) is 0.720. The number of quaternary nitrogens is 1. The summed E-state index contributed by atoms with van der Waals surface area (Å²) in [6, 6.07) is 15.5. The maximum atomic E-state index is 12.9. The molecule has 25 heavy (non-hydrogen) atoms. The fourth-order valence-corrected chi connectivity index (χ4v) is 3.86. The number of thiazole rings is 1. The van der Waals surface area contributed by atoms with E-state index in [1.165, 1.54) is 16.2 Å². The van der Waals surface area contributed by atoms with Crippen LogP contribution in [-0.4, -0.2) is 38.1 Å². The Kier molecular flexibility index (Phi) is 5.68. The van der Waals surface area contributed by atoms with E-state index in [-0.39, 0.29) is 5.91 Å². The van der Waals surface area contributed by atoms with Gasteiger partial charge in [0.2, 0.25) is 5.91 Å². The molecule has 0 unspecified atom stereocenters. The Labute approximate surface area is 156 Å². The molecule has 2 aromatic carbocycles. The summed E-state index contributed by atoms with van der Waals surface area (Å²) < 4.78 is 0.997. The molecule has 3 rings (SSSR count). The average Bonchev–Trinajstić information content (AvgIpc) is 3.01. The topological polar surface area (TPSA) is 37.6 Å². The van der Waals surface area contributed by atoms with Gasteiger partial charge < -0.3 is 4.90 Å². The van der Waals surface area contributed by atoms with Gasteiger partial charge in [0.05, 0.1) is 43.3 Å². The van der Waals surface area contributed by atoms with Crippen molar-refractivity contribution in [2.75, 3.05) is 32.1 Å². The van der Waals surface area contributed by atoms with E-state index in [2.05, 4.69) is 19.1 Å². The first-order valence-corrected chi connectivity index (χ1v) is 9.42. The molecule has 1 heterocycles. The number of carbonyl (C=O) groups excluding carboxylic acids is 1. The summed E-state index contributed by atoms with van der Waals surface area (Å²) in [5, 5.41) is 1.33. The Morgan fingerprint density at radius 2 is 1.92 bits per heavy atom. The summed E-state index contributed by atoms with van der Waals surface area (Å²) in [6.07, 6.45) is 0.368. The monoisotopic (exact) mass is 374 g/mol. The van der Waals surface area contributed by atoms with Crippen LogP contribution in [-0.2, 0) is 11.2 Å². The van der Waals surface area contributed by atoms with E-state index < -0.39 is 0 Å². The highest BCUT2D eigenvalue weighted by Crippen LogP contribution is 2.32. The van der Waals surface area contributed by atoms with E-state index in [1.54, 1.807) is 4.90 Å². The molecular formula is C19H21ClN3OS+. The van der Waals surface area contributed by atoms with E-state index >= 15 is 0 Å². The van der Waals surface area contributed by atoms with Crippen molar-refractivity contribution in [3.8, 4) is 0 Å². The van der Waals surface area contributed by atoms with Crippen LogP contribution in [0.25, 0.3) is 10.2 Å². The molecule has 0 saturated carbocycles. The van der Waals surface area contributed by atoms with Gasteiger partial charge >= 0.3 is 0 Å². The zero-order valence-corrected chi connectivity index (χ0v) is 15.9. The number of amides is 1. The maximum absolute atomic E-state index is 12.9. The second kappa shape index (κ2) is 7.95. The second-order valence-electron chi connectivity index (χ2n) is 6.25. The number of nitrogens with one attached hydrogen (secondary N) is 1. The van der Waals surface area contributed by atoms with Crippen LogP contribution in [0.2, 0.25) is 5.02 Å². The number of hydrogen-bond donors (Lipinski definition) is 1. The van der Waals surface area contributed by atoms with Gasteiger partial charge in [-0.05, 0) is 17.7 Å². The van der Waals surface area contributed by atoms with Gasteiger partial charge in [-0.2, -0.15) is 0 Å². The van der Waals surface area contributed by atoms with Crippen LogP contribution >= 0.6 is 22.9 Å². The van der Waals surface area contributed by atoms with Gasteiger partial charge in [-0.25, -0.2) is 4.98 Å². The Balaban J connectivity index is 1.89. The number of aromatic nitrogens is 1. The number of para-hydroxylation sites is 1. The van der Waals surface area contributed by atoms with Gasteiger partial charge in [0.1, 0.15) is 5.52 Å². The third kappa shape index (κ3) is 4.37. The molecule has 0 aliphatic rings. The number of halogens is 1. The predicted molar refractivity (Wildman–Crippen MR) is 105 cm³/mol. The lowest BCUT2D eigenvalue weighted by Crippen LogP contribution is -3.06. The van der Waals surface area contributed by atoms with E-state index in [9.17, 15) is 4.79 Å². The van der Waals surface area contributed by atoms with Crippen molar-refractivity contribution in [3.63, 3.8) is 0 Å². The number of likely N-dealkylation sites (N-methyl/N-ethyl adjacent to an activating group) is 1. The van der Waals surface area contributed by atoms with Gasteiger partial charge in [-0.15, -0.1) is 0 Å². The van der Waals surface area contributed by atoms with E-state index in [0.717, 1.165) is 22.3 Å². The van der Waals surface area contributed by atoms with Crippen LogP contribution in [0.1, 0.15) is 5.56 Å². The Bertz CT molecular complexity index is 863. The molecule has 0 saturated heterocycles. The summed E-state index contributed by atoms with van der Waals surface area (Å²) in [7, 11) is 4.16. The molecule has 0 spiro atoms. The molecule has 1 amide bonds. The summed E-state index contributed by atoms with van der Waals surface area (Å²) in [5.41, 5.74) is 1.77. The van der Waals surface area contributed by atoms with Crippen LogP contribution in [0, 0.1) is 0 Å². The minimum atomic E-state index is 0.0580.